The highest BCUT2D eigenvalue weighted by molar-refractivity contribution is 6.09. The molecule has 2 amide bonds. The van der Waals surface area contributed by atoms with Crippen LogP contribution in [0.2, 0.25) is 0 Å². The molecule has 1 unspecified atom stereocenters. The van der Waals surface area contributed by atoms with E-state index >= 15 is 0 Å². The number of methoxy groups -OCH3 is 1. The van der Waals surface area contributed by atoms with E-state index in [1.54, 1.807) is 7.11 Å². The van der Waals surface area contributed by atoms with Gasteiger partial charge in [-0.3, -0.25) is 14.5 Å². The van der Waals surface area contributed by atoms with E-state index in [1.165, 1.54) is 10.5 Å². The lowest BCUT2D eigenvalue weighted by molar-refractivity contribution is -0.140. The summed E-state index contributed by atoms with van der Waals surface area (Å²) in [6, 6.07) is 5.97. The fraction of sp³-hybridized carbons (Fsp3) is 0.619. The second-order valence-electron chi connectivity index (χ2n) is 7.37. The minimum Gasteiger partial charge on any atom is -0.497 e. The second-order valence-corrected chi connectivity index (χ2v) is 7.37. The van der Waals surface area contributed by atoms with Crippen LogP contribution in [0.4, 0.5) is 0 Å². The fourth-order valence-corrected chi connectivity index (χ4v) is 4.49. The number of rotatable bonds is 7. The van der Waals surface area contributed by atoms with Crippen LogP contribution in [0.15, 0.2) is 18.2 Å². The molecule has 150 valence electrons. The van der Waals surface area contributed by atoms with E-state index in [2.05, 4.69) is 24.8 Å². The molecule has 2 aliphatic rings. The van der Waals surface area contributed by atoms with Crippen LogP contribution in [-0.2, 0) is 21.4 Å². The summed E-state index contributed by atoms with van der Waals surface area (Å²) in [5, 5.41) is 0. The summed E-state index contributed by atoms with van der Waals surface area (Å²) in [4.78, 5) is 29.9. The molecule has 1 aliphatic heterocycles. The van der Waals surface area contributed by atoms with Crippen molar-refractivity contribution < 1.29 is 14.3 Å². The van der Waals surface area contributed by atoms with Gasteiger partial charge in [-0.25, -0.2) is 0 Å². The highest BCUT2D eigenvalue weighted by atomic mass is 35.5. The number of amides is 2. The van der Waals surface area contributed by atoms with Crippen LogP contribution >= 0.6 is 12.4 Å². The zero-order valence-electron chi connectivity index (χ0n) is 16.6. The number of likely N-dealkylation sites (tertiary alicyclic amines) is 1. The number of benzene rings is 1. The summed E-state index contributed by atoms with van der Waals surface area (Å²) in [6.07, 6.45) is 3.80. The maximum atomic E-state index is 13.3. The zero-order valence-corrected chi connectivity index (χ0v) is 17.4. The molecule has 6 heteroatoms. The standard InChI is InChI=1S/C21H30N2O3.ClH/c1-4-22(5-2)12-7-13-23-19(24)15-21(20(23)25)11-6-8-16-9-10-17(26-3)14-18(16)21;/h9-10,14H,4-8,11-13,15H2,1-3H3;1H. The first-order valence-corrected chi connectivity index (χ1v) is 9.80. The van der Waals surface area contributed by atoms with Crippen molar-refractivity contribution in [2.45, 2.75) is 51.4 Å². The molecule has 0 bridgehead atoms. The van der Waals surface area contributed by atoms with Gasteiger partial charge in [0.25, 0.3) is 0 Å². The van der Waals surface area contributed by atoms with Crippen molar-refractivity contribution in [1.29, 1.82) is 0 Å². The fourth-order valence-electron chi connectivity index (χ4n) is 4.49. The Bertz CT molecular complexity index is 690. The first kappa shape index (κ1) is 21.7. The van der Waals surface area contributed by atoms with E-state index in [-0.39, 0.29) is 24.2 Å². The summed E-state index contributed by atoms with van der Waals surface area (Å²) in [5.74, 6) is 0.728. The number of hydrogen-bond donors (Lipinski definition) is 0. The van der Waals surface area contributed by atoms with Crippen molar-refractivity contribution >= 4 is 24.2 Å². The number of halogens is 1. The molecular formula is C21H31ClN2O3. The van der Waals surface area contributed by atoms with Gasteiger partial charge in [-0.05, 0) is 68.6 Å². The minimum absolute atomic E-state index is 0. The van der Waals surface area contributed by atoms with Gasteiger partial charge in [0.2, 0.25) is 11.8 Å². The lowest BCUT2D eigenvalue weighted by Crippen LogP contribution is -2.41. The third-order valence-corrected chi connectivity index (χ3v) is 6.04. The smallest absolute Gasteiger partial charge is 0.240 e. The third kappa shape index (κ3) is 3.99. The molecule has 0 radical (unpaired) electrons. The van der Waals surface area contributed by atoms with E-state index in [0.29, 0.717) is 13.0 Å². The lowest BCUT2D eigenvalue weighted by atomic mass is 9.69. The Labute approximate surface area is 168 Å². The Morgan fingerprint density at radius 3 is 2.63 bits per heavy atom. The Balaban J connectivity index is 0.00000261. The average molecular weight is 395 g/mol. The Morgan fingerprint density at radius 2 is 1.96 bits per heavy atom. The first-order chi connectivity index (χ1) is 12.6. The number of ether oxygens (including phenoxy) is 1. The molecule has 0 N–H and O–H groups in total. The van der Waals surface area contributed by atoms with Gasteiger partial charge in [0.05, 0.1) is 12.5 Å². The van der Waals surface area contributed by atoms with Gasteiger partial charge < -0.3 is 9.64 Å². The van der Waals surface area contributed by atoms with Crippen LogP contribution in [0.1, 0.15) is 50.7 Å². The topological polar surface area (TPSA) is 49.9 Å². The summed E-state index contributed by atoms with van der Waals surface area (Å²) in [5.41, 5.74) is 1.52. The van der Waals surface area contributed by atoms with E-state index in [4.69, 9.17) is 4.74 Å². The number of imide groups is 1. The van der Waals surface area contributed by atoms with E-state index in [1.807, 2.05) is 12.1 Å². The van der Waals surface area contributed by atoms with Crippen LogP contribution in [0, 0.1) is 0 Å². The highest BCUT2D eigenvalue weighted by Gasteiger charge is 2.53. The molecular weight excluding hydrogens is 364 g/mol. The summed E-state index contributed by atoms with van der Waals surface area (Å²) in [7, 11) is 1.64. The number of carbonyl (C=O) groups excluding carboxylic acids is 2. The van der Waals surface area contributed by atoms with Crippen molar-refractivity contribution in [2.75, 3.05) is 33.3 Å². The molecule has 3 rings (SSSR count). The monoisotopic (exact) mass is 394 g/mol. The Morgan fingerprint density at radius 1 is 1.22 bits per heavy atom. The predicted octanol–water partition coefficient (Wildman–Crippen LogP) is 3.18. The molecule has 5 nitrogen and oxygen atoms in total. The SMILES string of the molecule is CCN(CC)CCCN1C(=O)CC2(CCCc3ccc(OC)cc32)C1=O.Cl. The van der Waals surface area contributed by atoms with Crippen molar-refractivity contribution in [3.63, 3.8) is 0 Å². The van der Waals surface area contributed by atoms with Gasteiger partial charge >= 0.3 is 0 Å². The molecule has 0 saturated carbocycles. The van der Waals surface area contributed by atoms with Crippen LogP contribution < -0.4 is 4.74 Å². The van der Waals surface area contributed by atoms with Crippen molar-refractivity contribution in [3.05, 3.63) is 29.3 Å². The first-order valence-electron chi connectivity index (χ1n) is 9.80. The maximum Gasteiger partial charge on any atom is 0.240 e. The molecule has 1 aliphatic carbocycles. The molecule has 1 aromatic rings. The average Bonchev–Trinajstić information content (AvgIpc) is 2.90. The summed E-state index contributed by atoms with van der Waals surface area (Å²) >= 11 is 0. The Hall–Kier alpha value is -1.59. The molecule has 1 aromatic carbocycles. The van der Waals surface area contributed by atoms with Crippen molar-refractivity contribution in [3.8, 4) is 5.75 Å². The maximum absolute atomic E-state index is 13.3. The predicted molar refractivity (Wildman–Crippen MR) is 109 cm³/mol. The van der Waals surface area contributed by atoms with Crippen molar-refractivity contribution in [2.24, 2.45) is 0 Å². The van der Waals surface area contributed by atoms with Gasteiger partial charge in [-0.2, -0.15) is 0 Å². The number of nitrogens with zero attached hydrogens (tertiary/aromatic N) is 2. The van der Waals surface area contributed by atoms with Gasteiger partial charge in [0.15, 0.2) is 0 Å². The largest absolute Gasteiger partial charge is 0.497 e. The van der Waals surface area contributed by atoms with E-state index in [0.717, 1.165) is 56.6 Å². The van der Waals surface area contributed by atoms with Crippen molar-refractivity contribution in [1.82, 2.24) is 9.80 Å². The van der Waals surface area contributed by atoms with Gasteiger partial charge in [0, 0.05) is 13.0 Å². The number of aryl methyl sites for hydroxylation is 1. The minimum atomic E-state index is -0.672. The molecule has 1 spiro atoms. The molecule has 0 aromatic heterocycles. The van der Waals surface area contributed by atoms with Crippen LogP contribution in [0.25, 0.3) is 0 Å². The van der Waals surface area contributed by atoms with E-state index in [9.17, 15) is 9.59 Å². The zero-order chi connectivity index (χ0) is 18.7. The molecule has 27 heavy (non-hydrogen) atoms. The lowest BCUT2D eigenvalue weighted by Gasteiger charge is -2.33. The third-order valence-electron chi connectivity index (χ3n) is 6.04. The van der Waals surface area contributed by atoms with Crippen LogP contribution in [-0.4, -0.2) is 54.9 Å². The highest BCUT2D eigenvalue weighted by Crippen LogP contribution is 2.46. The molecule has 1 saturated heterocycles. The summed E-state index contributed by atoms with van der Waals surface area (Å²) in [6.45, 7) is 7.70. The number of carbonyl (C=O) groups is 2. The summed E-state index contributed by atoms with van der Waals surface area (Å²) < 4.78 is 5.37. The van der Waals surface area contributed by atoms with Gasteiger partial charge in [0.1, 0.15) is 5.75 Å². The van der Waals surface area contributed by atoms with Crippen LogP contribution in [0.3, 0.4) is 0 Å². The number of hydrogen-bond acceptors (Lipinski definition) is 4. The Kier molecular flexibility index (Phi) is 7.29. The molecule has 1 fully saturated rings. The molecule has 1 heterocycles. The number of fused-ring (bicyclic) bond motifs is 2. The van der Waals surface area contributed by atoms with Gasteiger partial charge in [-0.15, -0.1) is 12.4 Å². The normalized spacial score (nSPS) is 21.6. The molecule has 1 atom stereocenters. The van der Waals surface area contributed by atoms with E-state index < -0.39 is 5.41 Å². The van der Waals surface area contributed by atoms with Crippen LogP contribution in [0.5, 0.6) is 5.75 Å². The second kappa shape index (κ2) is 9.07. The quantitative estimate of drug-likeness (QED) is 0.666. The van der Waals surface area contributed by atoms with Gasteiger partial charge in [-0.1, -0.05) is 19.9 Å².